The normalized spacial score (nSPS) is 27.9. The van der Waals surface area contributed by atoms with E-state index in [2.05, 4.69) is 13.8 Å². The molecule has 29 heavy (non-hydrogen) atoms. The highest BCUT2D eigenvalue weighted by Gasteiger charge is 2.22. The number of rotatable bonds is 16. The summed E-state index contributed by atoms with van der Waals surface area (Å²) < 4.78 is 6.28. The van der Waals surface area contributed by atoms with E-state index in [0.717, 1.165) is 24.4 Å². The molecule has 2 saturated carbocycles. The molecule has 1 nitrogen and oxygen atoms in total. The molecule has 0 saturated heterocycles. The highest BCUT2D eigenvalue weighted by molar-refractivity contribution is 4.74. The Morgan fingerprint density at radius 2 is 0.897 bits per heavy atom. The maximum absolute atomic E-state index is 6.28. The van der Waals surface area contributed by atoms with Crippen molar-refractivity contribution in [1.29, 1.82) is 0 Å². The van der Waals surface area contributed by atoms with Crippen LogP contribution in [0, 0.1) is 17.8 Å². The van der Waals surface area contributed by atoms with Crippen LogP contribution in [0.25, 0.3) is 0 Å². The molecule has 0 atom stereocenters. The van der Waals surface area contributed by atoms with E-state index < -0.39 is 0 Å². The molecule has 0 radical (unpaired) electrons. The first-order chi connectivity index (χ1) is 14.3. The van der Waals surface area contributed by atoms with Crippen LogP contribution in [-0.2, 0) is 4.74 Å². The second-order valence-electron chi connectivity index (χ2n) is 10.6. The molecule has 0 aromatic heterocycles. The molecule has 172 valence electrons. The van der Waals surface area contributed by atoms with Gasteiger partial charge < -0.3 is 4.74 Å². The molecule has 2 rings (SSSR count). The summed E-state index contributed by atoms with van der Waals surface area (Å²) in [4.78, 5) is 0. The van der Waals surface area contributed by atoms with Gasteiger partial charge >= 0.3 is 0 Å². The van der Waals surface area contributed by atoms with Gasteiger partial charge in [0, 0.05) is 6.61 Å². The van der Waals surface area contributed by atoms with Crippen molar-refractivity contribution in [3.63, 3.8) is 0 Å². The van der Waals surface area contributed by atoms with E-state index in [1.165, 1.54) is 135 Å². The zero-order valence-electron chi connectivity index (χ0n) is 20.3. The van der Waals surface area contributed by atoms with Crippen molar-refractivity contribution in [2.24, 2.45) is 17.8 Å². The molecule has 2 aliphatic carbocycles. The molecule has 2 aliphatic rings. The predicted octanol–water partition coefficient (Wildman–Crippen LogP) is 9.48. The lowest BCUT2D eigenvalue weighted by Crippen LogP contribution is -2.22. The van der Waals surface area contributed by atoms with Crippen molar-refractivity contribution < 1.29 is 4.74 Å². The zero-order valence-corrected chi connectivity index (χ0v) is 20.3. The Balaban J connectivity index is 1.40. The summed E-state index contributed by atoms with van der Waals surface area (Å²) in [5.41, 5.74) is 0. The van der Waals surface area contributed by atoms with Crippen LogP contribution in [0.15, 0.2) is 0 Å². The summed E-state index contributed by atoms with van der Waals surface area (Å²) in [6.07, 6.45) is 30.8. The summed E-state index contributed by atoms with van der Waals surface area (Å²) in [6, 6.07) is 0. The van der Waals surface area contributed by atoms with Crippen LogP contribution >= 0.6 is 0 Å². The van der Waals surface area contributed by atoms with E-state index in [1.807, 2.05) is 0 Å². The Labute approximate surface area is 184 Å². The lowest BCUT2D eigenvalue weighted by Gasteiger charge is -2.30. The first-order valence-corrected chi connectivity index (χ1v) is 13.9. The van der Waals surface area contributed by atoms with Gasteiger partial charge in [0.1, 0.15) is 0 Å². The number of ether oxygens (including phenoxy) is 1. The van der Waals surface area contributed by atoms with Gasteiger partial charge in [-0.05, 0) is 56.3 Å². The van der Waals surface area contributed by atoms with Crippen molar-refractivity contribution in [3.05, 3.63) is 0 Å². The van der Waals surface area contributed by atoms with Gasteiger partial charge in [-0.1, -0.05) is 110 Å². The van der Waals surface area contributed by atoms with Gasteiger partial charge in [-0.3, -0.25) is 0 Å². The fourth-order valence-electron chi connectivity index (χ4n) is 5.91. The molecule has 0 aromatic carbocycles. The largest absolute Gasteiger partial charge is 0.378 e. The van der Waals surface area contributed by atoms with Crippen molar-refractivity contribution in [2.75, 3.05) is 6.61 Å². The average molecular weight is 407 g/mol. The second kappa shape index (κ2) is 16.6. The standard InChI is InChI=1S/C28H54O/c1-3-5-7-9-11-14-26-20-22-28(23-21-26)29-24-12-15-27-18-16-25(17-19-27)13-10-8-6-4-2/h25-28H,3-24H2,1-2H3/t25-,26-,27-,28-. The number of hydrogen-bond acceptors (Lipinski definition) is 1. The molecule has 0 heterocycles. The smallest absolute Gasteiger partial charge is 0.0575 e. The van der Waals surface area contributed by atoms with Gasteiger partial charge in [-0.2, -0.15) is 0 Å². The van der Waals surface area contributed by atoms with E-state index in [-0.39, 0.29) is 0 Å². The first kappa shape index (κ1) is 25.2. The third-order valence-corrected chi connectivity index (χ3v) is 8.05. The van der Waals surface area contributed by atoms with Gasteiger partial charge in [-0.25, -0.2) is 0 Å². The Morgan fingerprint density at radius 3 is 1.41 bits per heavy atom. The lowest BCUT2D eigenvalue weighted by molar-refractivity contribution is 0.0131. The second-order valence-corrected chi connectivity index (χ2v) is 10.6. The summed E-state index contributed by atoms with van der Waals surface area (Å²) >= 11 is 0. The molecule has 0 unspecified atom stereocenters. The van der Waals surface area contributed by atoms with Crippen molar-refractivity contribution in [1.82, 2.24) is 0 Å². The van der Waals surface area contributed by atoms with Crippen LogP contribution in [0.4, 0.5) is 0 Å². The van der Waals surface area contributed by atoms with E-state index in [4.69, 9.17) is 4.74 Å². The minimum absolute atomic E-state index is 0.588. The average Bonchev–Trinajstić information content (AvgIpc) is 2.76. The Kier molecular flexibility index (Phi) is 14.5. The van der Waals surface area contributed by atoms with Gasteiger partial charge in [-0.15, -0.1) is 0 Å². The molecule has 0 N–H and O–H groups in total. The summed E-state index contributed by atoms with van der Waals surface area (Å²) in [5, 5.41) is 0. The SMILES string of the molecule is CCCCCCC[C@H]1CC[C@H](OCCC[C@H]2CC[C@H](CCCCCC)CC2)CC1. The highest BCUT2D eigenvalue weighted by atomic mass is 16.5. The number of hydrogen-bond donors (Lipinski definition) is 0. The molecular formula is C28H54O. The van der Waals surface area contributed by atoms with Gasteiger partial charge in [0.05, 0.1) is 6.10 Å². The highest BCUT2D eigenvalue weighted by Crippen LogP contribution is 2.34. The Hall–Kier alpha value is -0.0400. The molecule has 1 heteroatoms. The molecule has 0 aromatic rings. The molecule has 2 fully saturated rings. The molecule has 0 amide bonds. The topological polar surface area (TPSA) is 9.23 Å². The monoisotopic (exact) mass is 406 g/mol. The minimum atomic E-state index is 0.588. The van der Waals surface area contributed by atoms with Crippen LogP contribution in [0.2, 0.25) is 0 Å². The summed E-state index contributed by atoms with van der Waals surface area (Å²) in [7, 11) is 0. The Morgan fingerprint density at radius 1 is 0.483 bits per heavy atom. The molecule has 0 spiro atoms. The van der Waals surface area contributed by atoms with Crippen LogP contribution in [0.5, 0.6) is 0 Å². The molecule has 0 bridgehead atoms. The third-order valence-electron chi connectivity index (χ3n) is 8.05. The summed E-state index contributed by atoms with van der Waals surface area (Å²) in [6.45, 7) is 5.65. The number of unbranched alkanes of at least 4 members (excludes halogenated alkanes) is 7. The van der Waals surface area contributed by atoms with Gasteiger partial charge in [0.15, 0.2) is 0 Å². The lowest BCUT2D eigenvalue weighted by atomic mass is 9.78. The van der Waals surface area contributed by atoms with Crippen LogP contribution in [0.3, 0.4) is 0 Å². The van der Waals surface area contributed by atoms with Crippen LogP contribution in [0.1, 0.15) is 149 Å². The zero-order chi connectivity index (χ0) is 20.6. The summed E-state index contributed by atoms with van der Waals surface area (Å²) in [5.74, 6) is 3.07. The minimum Gasteiger partial charge on any atom is -0.378 e. The first-order valence-electron chi connectivity index (χ1n) is 13.9. The van der Waals surface area contributed by atoms with Crippen molar-refractivity contribution in [2.45, 2.75) is 155 Å². The Bertz CT molecular complexity index is 349. The van der Waals surface area contributed by atoms with Gasteiger partial charge in [0.2, 0.25) is 0 Å². The van der Waals surface area contributed by atoms with E-state index >= 15 is 0 Å². The quantitative estimate of drug-likeness (QED) is 0.232. The third kappa shape index (κ3) is 11.8. The van der Waals surface area contributed by atoms with Crippen molar-refractivity contribution in [3.8, 4) is 0 Å². The molecule has 0 aliphatic heterocycles. The maximum atomic E-state index is 6.28. The van der Waals surface area contributed by atoms with E-state index in [0.29, 0.717) is 6.10 Å². The fourth-order valence-corrected chi connectivity index (χ4v) is 5.91. The molecular weight excluding hydrogens is 352 g/mol. The maximum Gasteiger partial charge on any atom is 0.0575 e. The van der Waals surface area contributed by atoms with E-state index in [9.17, 15) is 0 Å². The van der Waals surface area contributed by atoms with Crippen LogP contribution in [-0.4, -0.2) is 12.7 Å². The van der Waals surface area contributed by atoms with Crippen molar-refractivity contribution >= 4 is 0 Å². The fraction of sp³-hybridized carbons (Fsp3) is 1.00. The van der Waals surface area contributed by atoms with Gasteiger partial charge in [0.25, 0.3) is 0 Å². The van der Waals surface area contributed by atoms with E-state index in [1.54, 1.807) is 0 Å². The predicted molar refractivity (Wildman–Crippen MR) is 129 cm³/mol. The van der Waals surface area contributed by atoms with Crippen LogP contribution < -0.4 is 0 Å².